The van der Waals surface area contributed by atoms with Crippen LogP contribution in [-0.4, -0.2) is 24.5 Å². The number of benzene rings is 1. The molecule has 25 heavy (non-hydrogen) atoms. The molecular weight excluding hydrogens is 331 g/mol. The van der Waals surface area contributed by atoms with E-state index in [4.69, 9.17) is 0 Å². The van der Waals surface area contributed by atoms with Crippen LogP contribution in [0.1, 0.15) is 43.6 Å². The first kappa shape index (κ1) is 16.8. The number of hydrogen-bond acceptors (Lipinski definition) is 3. The Morgan fingerprint density at radius 2 is 1.92 bits per heavy atom. The molecule has 4 nitrogen and oxygen atoms in total. The van der Waals surface area contributed by atoms with Gasteiger partial charge in [-0.15, -0.1) is 0 Å². The molecule has 2 aliphatic carbocycles. The van der Waals surface area contributed by atoms with Crippen molar-refractivity contribution in [2.24, 2.45) is 11.8 Å². The lowest BCUT2D eigenvalue weighted by Crippen LogP contribution is -2.38. The molecule has 3 unspecified atom stereocenters. The standard InChI is InChI=1S/C18H22F3N3O/c19-13-5-11(6-14(20)18(13)21)12-7-16(12)23-17(25)4-9-1-2-10-8-22-24-15(10)3-9/h5-6,9-10,12,15-16,22,24H,1-4,7-8H2,(H,23,25)/t9?,10?,12-,15?,16+/m0/s1. The van der Waals surface area contributed by atoms with E-state index >= 15 is 0 Å². The molecule has 0 bridgehead atoms. The zero-order valence-electron chi connectivity index (χ0n) is 13.8. The monoisotopic (exact) mass is 353 g/mol. The number of halogens is 3. The topological polar surface area (TPSA) is 53.2 Å². The van der Waals surface area contributed by atoms with Gasteiger partial charge in [-0.1, -0.05) is 0 Å². The Balaban J connectivity index is 1.28. The highest BCUT2D eigenvalue weighted by Gasteiger charge is 2.41. The third-order valence-corrected chi connectivity index (χ3v) is 5.80. The van der Waals surface area contributed by atoms with E-state index in [1.807, 2.05) is 0 Å². The maximum atomic E-state index is 13.3. The van der Waals surface area contributed by atoms with Gasteiger partial charge in [-0.3, -0.25) is 15.6 Å². The molecule has 3 fully saturated rings. The third-order valence-electron chi connectivity index (χ3n) is 5.80. The number of rotatable bonds is 4. The van der Waals surface area contributed by atoms with E-state index in [-0.39, 0.29) is 17.9 Å². The molecule has 3 N–H and O–H groups in total. The quantitative estimate of drug-likeness (QED) is 0.729. The first-order valence-electron chi connectivity index (χ1n) is 8.93. The number of hydrazine groups is 1. The third kappa shape index (κ3) is 3.53. The Kier molecular flexibility index (Phi) is 4.45. The Hall–Kier alpha value is -1.60. The van der Waals surface area contributed by atoms with Crippen molar-refractivity contribution in [3.8, 4) is 0 Å². The highest BCUT2D eigenvalue weighted by atomic mass is 19.2. The fourth-order valence-electron chi connectivity index (χ4n) is 4.29. The van der Waals surface area contributed by atoms with Crippen LogP contribution in [0.2, 0.25) is 0 Å². The summed E-state index contributed by atoms with van der Waals surface area (Å²) in [5.41, 5.74) is 6.86. The summed E-state index contributed by atoms with van der Waals surface area (Å²) in [7, 11) is 0. The van der Waals surface area contributed by atoms with Crippen molar-refractivity contribution in [3.05, 3.63) is 35.1 Å². The van der Waals surface area contributed by atoms with Gasteiger partial charge >= 0.3 is 0 Å². The molecule has 0 spiro atoms. The molecule has 5 atom stereocenters. The summed E-state index contributed by atoms with van der Waals surface area (Å²) >= 11 is 0. The lowest BCUT2D eigenvalue weighted by molar-refractivity contribution is -0.122. The molecule has 1 aliphatic heterocycles. The molecule has 2 saturated carbocycles. The highest BCUT2D eigenvalue weighted by Crippen LogP contribution is 2.42. The Bertz CT molecular complexity index is 661. The fourth-order valence-corrected chi connectivity index (χ4v) is 4.29. The van der Waals surface area contributed by atoms with Crippen LogP contribution < -0.4 is 16.2 Å². The minimum Gasteiger partial charge on any atom is -0.353 e. The number of fused-ring (bicyclic) bond motifs is 1. The van der Waals surface area contributed by atoms with E-state index < -0.39 is 17.5 Å². The van der Waals surface area contributed by atoms with Gasteiger partial charge in [-0.25, -0.2) is 13.2 Å². The van der Waals surface area contributed by atoms with E-state index in [2.05, 4.69) is 16.2 Å². The average molecular weight is 353 g/mol. The summed E-state index contributed by atoms with van der Waals surface area (Å²) in [5.74, 6) is -2.92. The molecule has 0 aromatic heterocycles. The van der Waals surface area contributed by atoms with Crippen LogP contribution in [0, 0.1) is 29.3 Å². The van der Waals surface area contributed by atoms with Crippen LogP contribution in [0.15, 0.2) is 12.1 Å². The van der Waals surface area contributed by atoms with Gasteiger partial charge < -0.3 is 5.32 Å². The van der Waals surface area contributed by atoms with Crippen LogP contribution in [0.4, 0.5) is 13.2 Å². The maximum Gasteiger partial charge on any atom is 0.220 e. The molecular formula is C18H22F3N3O. The number of carbonyl (C=O) groups excluding carboxylic acids is 1. The molecule has 1 aromatic rings. The number of amides is 1. The predicted molar refractivity (Wildman–Crippen MR) is 86.0 cm³/mol. The Morgan fingerprint density at radius 1 is 1.16 bits per heavy atom. The summed E-state index contributed by atoms with van der Waals surface area (Å²) in [5, 5.41) is 2.95. The molecule has 7 heteroatoms. The van der Waals surface area contributed by atoms with Crippen molar-refractivity contribution in [2.75, 3.05) is 6.54 Å². The van der Waals surface area contributed by atoms with Crippen molar-refractivity contribution in [1.82, 2.24) is 16.2 Å². The van der Waals surface area contributed by atoms with Gasteiger partial charge in [0.1, 0.15) is 0 Å². The van der Waals surface area contributed by atoms with Crippen LogP contribution in [-0.2, 0) is 4.79 Å². The molecule has 1 saturated heterocycles. The zero-order valence-corrected chi connectivity index (χ0v) is 13.8. The Morgan fingerprint density at radius 3 is 2.68 bits per heavy atom. The smallest absolute Gasteiger partial charge is 0.220 e. The zero-order chi connectivity index (χ0) is 17.6. The molecule has 4 rings (SSSR count). The minimum absolute atomic E-state index is 0.00929. The summed E-state index contributed by atoms with van der Waals surface area (Å²) in [6, 6.07) is 2.38. The molecule has 1 heterocycles. The van der Waals surface area contributed by atoms with Crippen molar-refractivity contribution in [1.29, 1.82) is 0 Å². The number of carbonyl (C=O) groups is 1. The lowest BCUT2D eigenvalue weighted by atomic mass is 9.78. The van der Waals surface area contributed by atoms with E-state index in [0.29, 0.717) is 36.3 Å². The normalized spacial score (nSPS) is 33.8. The SMILES string of the molecule is O=C(CC1CCC2CNNC2C1)N[C@@H]1C[C@H]1c1cc(F)c(F)c(F)c1. The molecule has 0 radical (unpaired) electrons. The van der Waals surface area contributed by atoms with Gasteiger partial charge in [0, 0.05) is 31.0 Å². The van der Waals surface area contributed by atoms with Gasteiger partial charge in [0.15, 0.2) is 17.5 Å². The van der Waals surface area contributed by atoms with Crippen LogP contribution in [0.3, 0.4) is 0 Å². The lowest BCUT2D eigenvalue weighted by Gasteiger charge is -2.30. The van der Waals surface area contributed by atoms with E-state index in [9.17, 15) is 18.0 Å². The minimum atomic E-state index is -1.45. The summed E-state index contributed by atoms with van der Waals surface area (Å²) in [6.07, 6.45) is 4.30. The van der Waals surface area contributed by atoms with Gasteiger partial charge in [0.05, 0.1) is 0 Å². The second kappa shape index (κ2) is 6.61. The van der Waals surface area contributed by atoms with E-state index in [1.165, 1.54) is 0 Å². The van der Waals surface area contributed by atoms with Gasteiger partial charge in [0.25, 0.3) is 0 Å². The van der Waals surface area contributed by atoms with Crippen molar-refractivity contribution in [2.45, 2.75) is 50.1 Å². The van der Waals surface area contributed by atoms with E-state index in [1.54, 1.807) is 0 Å². The predicted octanol–water partition coefficient (Wildman–Crippen LogP) is 2.36. The van der Waals surface area contributed by atoms with Gasteiger partial charge in [-0.2, -0.15) is 0 Å². The van der Waals surface area contributed by atoms with Gasteiger partial charge in [-0.05, 0) is 55.2 Å². The second-order valence-corrected chi connectivity index (χ2v) is 7.59. The average Bonchev–Trinajstić information content (AvgIpc) is 3.16. The maximum absolute atomic E-state index is 13.3. The molecule has 3 aliphatic rings. The van der Waals surface area contributed by atoms with Crippen LogP contribution in [0.25, 0.3) is 0 Å². The first-order valence-corrected chi connectivity index (χ1v) is 8.93. The largest absolute Gasteiger partial charge is 0.353 e. The summed E-state index contributed by atoms with van der Waals surface area (Å²) < 4.78 is 39.7. The second-order valence-electron chi connectivity index (χ2n) is 7.59. The first-order chi connectivity index (χ1) is 12.0. The molecule has 1 amide bonds. The van der Waals surface area contributed by atoms with E-state index in [0.717, 1.165) is 37.9 Å². The Labute approximate surface area is 144 Å². The highest BCUT2D eigenvalue weighted by molar-refractivity contribution is 5.77. The molecule has 1 aromatic carbocycles. The molecule has 136 valence electrons. The van der Waals surface area contributed by atoms with Gasteiger partial charge in [0.2, 0.25) is 5.91 Å². The van der Waals surface area contributed by atoms with Crippen molar-refractivity contribution >= 4 is 5.91 Å². The van der Waals surface area contributed by atoms with Crippen molar-refractivity contribution < 1.29 is 18.0 Å². The fraction of sp³-hybridized carbons (Fsp3) is 0.611. The van der Waals surface area contributed by atoms with Crippen molar-refractivity contribution in [3.63, 3.8) is 0 Å². The number of nitrogens with one attached hydrogen (secondary N) is 3. The van der Waals surface area contributed by atoms with Crippen LogP contribution in [0.5, 0.6) is 0 Å². The number of hydrogen-bond donors (Lipinski definition) is 3. The summed E-state index contributed by atoms with van der Waals surface area (Å²) in [4.78, 5) is 12.3. The summed E-state index contributed by atoms with van der Waals surface area (Å²) in [6.45, 7) is 0.998. The van der Waals surface area contributed by atoms with Crippen LogP contribution >= 0.6 is 0 Å².